The Kier molecular flexibility index (Phi) is 4.23. The molecule has 0 bridgehead atoms. The monoisotopic (exact) mass is 258 g/mol. The quantitative estimate of drug-likeness (QED) is 0.844. The summed E-state index contributed by atoms with van der Waals surface area (Å²) in [6.45, 7) is 0.546. The van der Waals surface area contributed by atoms with Gasteiger partial charge in [-0.05, 0) is 18.1 Å². The largest absolute Gasteiger partial charge is 0.341 e. The maximum atomic E-state index is 13.5. The molecule has 19 heavy (non-hydrogen) atoms. The van der Waals surface area contributed by atoms with E-state index in [0.29, 0.717) is 6.54 Å². The van der Waals surface area contributed by atoms with E-state index in [4.69, 9.17) is 0 Å². The van der Waals surface area contributed by atoms with E-state index < -0.39 is 5.82 Å². The molecule has 0 aliphatic rings. The second kappa shape index (κ2) is 6.09. The van der Waals surface area contributed by atoms with Crippen molar-refractivity contribution in [2.75, 3.05) is 13.6 Å². The lowest BCUT2D eigenvalue weighted by Gasteiger charge is -2.17. The summed E-state index contributed by atoms with van der Waals surface area (Å²) in [4.78, 5) is 17.2. The highest BCUT2D eigenvalue weighted by Gasteiger charge is 2.15. The zero-order chi connectivity index (χ0) is 13.7. The Morgan fingerprint density at radius 1 is 1.26 bits per heavy atom. The van der Waals surface area contributed by atoms with Crippen LogP contribution in [0.15, 0.2) is 48.8 Å². The number of hydrogen-bond acceptors (Lipinski definition) is 2. The molecule has 4 heteroatoms. The molecule has 1 aromatic carbocycles. The third-order valence-electron chi connectivity index (χ3n) is 2.93. The molecule has 0 spiro atoms. The minimum absolute atomic E-state index is 0.0607. The fraction of sp³-hybridized carbons (Fsp3) is 0.200. The van der Waals surface area contributed by atoms with Gasteiger partial charge in [0.2, 0.25) is 0 Å². The lowest BCUT2D eigenvalue weighted by Crippen LogP contribution is -2.29. The lowest BCUT2D eigenvalue weighted by molar-refractivity contribution is 0.0792. The highest BCUT2D eigenvalue weighted by Crippen LogP contribution is 2.08. The van der Waals surface area contributed by atoms with Crippen molar-refractivity contribution in [3.05, 3.63) is 65.7 Å². The number of aromatic nitrogens is 1. The second-order valence-corrected chi connectivity index (χ2v) is 4.32. The van der Waals surface area contributed by atoms with Gasteiger partial charge in [0.05, 0.1) is 11.8 Å². The number of hydrogen-bond donors (Lipinski definition) is 0. The molecular weight excluding hydrogens is 243 g/mol. The molecule has 0 aliphatic heterocycles. The molecule has 3 nitrogen and oxygen atoms in total. The van der Waals surface area contributed by atoms with Crippen molar-refractivity contribution in [3.8, 4) is 0 Å². The third-order valence-corrected chi connectivity index (χ3v) is 2.93. The number of rotatable bonds is 4. The Hall–Kier alpha value is -2.23. The SMILES string of the molecule is CN(CCc1ccccc1)C(=O)c1ccncc1F. The first-order valence-electron chi connectivity index (χ1n) is 6.07. The number of likely N-dealkylation sites (N-methyl/N-ethyl adjacent to an activating group) is 1. The first-order chi connectivity index (χ1) is 9.18. The van der Waals surface area contributed by atoms with Crippen molar-refractivity contribution < 1.29 is 9.18 Å². The molecular formula is C15H15FN2O. The Balaban J connectivity index is 1.99. The van der Waals surface area contributed by atoms with Crippen LogP contribution in [0.2, 0.25) is 0 Å². The predicted octanol–water partition coefficient (Wildman–Crippen LogP) is 2.54. The molecule has 0 aliphatic carbocycles. The van der Waals surface area contributed by atoms with Crippen molar-refractivity contribution in [1.82, 2.24) is 9.88 Å². The lowest BCUT2D eigenvalue weighted by atomic mass is 10.1. The standard InChI is InChI=1S/C15H15FN2O/c1-18(10-8-12-5-3-2-4-6-12)15(19)13-7-9-17-11-14(13)16/h2-7,9,11H,8,10H2,1H3. The van der Waals surface area contributed by atoms with Crippen molar-refractivity contribution in [1.29, 1.82) is 0 Å². The summed E-state index contributed by atoms with van der Waals surface area (Å²) in [6.07, 6.45) is 3.22. The summed E-state index contributed by atoms with van der Waals surface area (Å²) in [6, 6.07) is 11.3. The van der Waals surface area contributed by atoms with Crippen molar-refractivity contribution in [2.24, 2.45) is 0 Å². The Morgan fingerprint density at radius 2 is 2.00 bits per heavy atom. The summed E-state index contributed by atoms with van der Waals surface area (Å²) < 4.78 is 13.5. The Morgan fingerprint density at radius 3 is 2.68 bits per heavy atom. The summed E-state index contributed by atoms with van der Waals surface area (Å²) in [5.74, 6) is -0.908. The third kappa shape index (κ3) is 3.37. The second-order valence-electron chi connectivity index (χ2n) is 4.32. The van der Waals surface area contributed by atoms with E-state index in [-0.39, 0.29) is 11.5 Å². The van der Waals surface area contributed by atoms with Crippen molar-refractivity contribution in [3.63, 3.8) is 0 Å². The van der Waals surface area contributed by atoms with Crippen LogP contribution in [0.1, 0.15) is 15.9 Å². The van der Waals surface area contributed by atoms with Gasteiger partial charge in [0.1, 0.15) is 0 Å². The van der Waals surface area contributed by atoms with Gasteiger partial charge in [-0.2, -0.15) is 0 Å². The van der Waals surface area contributed by atoms with Crippen LogP contribution < -0.4 is 0 Å². The van der Waals surface area contributed by atoms with E-state index >= 15 is 0 Å². The van der Waals surface area contributed by atoms with Gasteiger partial charge in [-0.15, -0.1) is 0 Å². The number of carbonyl (C=O) groups is 1. The Labute approximate surface area is 111 Å². The molecule has 0 saturated heterocycles. The first kappa shape index (κ1) is 13.2. The van der Waals surface area contributed by atoms with Crippen LogP contribution in [0.25, 0.3) is 0 Å². The van der Waals surface area contributed by atoms with E-state index in [2.05, 4.69) is 4.98 Å². The van der Waals surface area contributed by atoms with E-state index in [0.717, 1.165) is 18.2 Å². The van der Waals surface area contributed by atoms with Crippen molar-refractivity contribution in [2.45, 2.75) is 6.42 Å². The van der Waals surface area contributed by atoms with Crippen LogP contribution in [0.5, 0.6) is 0 Å². The average molecular weight is 258 g/mol. The van der Waals surface area contributed by atoms with Gasteiger partial charge in [0, 0.05) is 19.8 Å². The zero-order valence-electron chi connectivity index (χ0n) is 10.7. The normalized spacial score (nSPS) is 10.2. The molecule has 0 unspecified atom stereocenters. The number of pyridine rings is 1. The van der Waals surface area contributed by atoms with E-state index in [1.54, 1.807) is 7.05 Å². The molecule has 0 fully saturated rings. The van der Waals surface area contributed by atoms with Crippen molar-refractivity contribution >= 4 is 5.91 Å². The molecule has 1 aromatic heterocycles. The van der Waals surface area contributed by atoms with E-state index in [1.165, 1.54) is 17.2 Å². The first-order valence-corrected chi connectivity index (χ1v) is 6.07. The summed E-state index contributed by atoms with van der Waals surface area (Å²) >= 11 is 0. The van der Waals surface area contributed by atoms with Crippen LogP contribution in [-0.4, -0.2) is 29.4 Å². The van der Waals surface area contributed by atoms with Crippen LogP contribution in [0.4, 0.5) is 4.39 Å². The molecule has 2 aromatic rings. The van der Waals surface area contributed by atoms with E-state index in [1.807, 2.05) is 30.3 Å². The molecule has 98 valence electrons. The molecule has 0 atom stereocenters. The summed E-state index contributed by atoms with van der Waals surface area (Å²) in [7, 11) is 1.67. The van der Waals surface area contributed by atoms with Gasteiger partial charge in [0.15, 0.2) is 5.82 Å². The maximum absolute atomic E-state index is 13.5. The number of nitrogens with zero attached hydrogens (tertiary/aromatic N) is 2. The molecule has 0 radical (unpaired) electrons. The zero-order valence-corrected chi connectivity index (χ0v) is 10.7. The smallest absolute Gasteiger partial charge is 0.256 e. The van der Waals surface area contributed by atoms with Crippen LogP contribution in [0, 0.1) is 5.82 Å². The van der Waals surface area contributed by atoms with Gasteiger partial charge in [-0.1, -0.05) is 30.3 Å². The highest BCUT2D eigenvalue weighted by atomic mass is 19.1. The topological polar surface area (TPSA) is 33.2 Å². The average Bonchev–Trinajstić information content (AvgIpc) is 2.45. The molecule has 1 amide bonds. The minimum atomic E-state index is -0.584. The highest BCUT2D eigenvalue weighted by molar-refractivity contribution is 5.94. The molecule has 0 N–H and O–H groups in total. The Bertz CT molecular complexity index is 557. The van der Waals surface area contributed by atoms with E-state index in [9.17, 15) is 9.18 Å². The molecule has 2 rings (SSSR count). The van der Waals surface area contributed by atoms with Gasteiger partial charge in [0.25, 0.3) is 5.91 Å². The summed E-state index contributed by atoms with van der Waals surface area (Å²) in [5.41, 5.74) is 1.21. The maximum Gasteiger partial charge on any atom is 0.256 e. The fourth-order valence-electron chi connectivity index (χ4n) is 1.80. The minimum Gasteiger partial charge on any atom is -0.341 e. The van der Waals surface area contributed by atoms with Gasteiger partial charge < -0.3 is 4.90 Å². The summed E-state index contributed by atoms with van der Waals surface area (Å²) in [5, 5.41) is 0. The van der Waals surface area contributed by atoms with Gasteiger partial charge in [-0.3, -0.25) is 9.78 Å². The van der Waals surface area contributed by atoms with Crippen LogP contribution in [-0.2, 0) is 6.42 Å². The van der Waals surface area contributed by atoms with Crippen LogP contribution >= 0.6 is 0 Å². The number of benzene rings is 1. The molecule has 1 heterocycles. The fourth-order valence-corrected chi connectivity index (χ4v) is 1.80. The van der Waals surface area contributed by atoms with Crippen LogP contribution in [0.3, 0.4) is 0 Å². The molecule has 0 saturated carbocycles. The van der Waals surface area contributed by atoms with Gasteiger partial charge >= 0.3 is 0 Å². The number of carbonyl (C=O) groups excluding carboxylic acids is 1. The number of amides is 1. The number of halogens is 1. The predicted molar refractivity (Wildman–Crippen MR) is 71.3 cm³/mol. The van der Waals surface area contributed by atoms with Gasteiger partial charge in [-0.25, -0.2) is 4.39 Å².